The van der Waals surface area contributed by atoms with Crippen LogP contribution in [0.3, 0.4) is 0 Å². The molecular formula is C26H32BrNO3. The highest BCUT2D eigenvalue weighted by Crippen LogP contribution is 2.44. The van der Waals surface area contributed by atoms with Crippen LogP contribution in [-0.4, -0.2) is 23.3 Å². The molecule has 1 aliphatic rings. The fourth-order valence-electron chi connectivity index (χ4n) is 4.39. The molecule has 1 heterocycles. The van der Waals surface area contributed by atoms with E-state index in [4.69, 9.17) is 0 Å². The number of hydrogen-bond acceptors (Lipinski definition) is 3. The van der Waals surface area contributed by atoms with Crippen molar-refractivity contribution < 1.29 is 14.7 Å². The fourth-order valence-corrected chi connectivity index (χ4v) is 4.75. The van der Waals surface area contributed by atoms with Crippen molar-refractivity contribution in [2.45, 2.75) is 71.8 Å². The van der Waals surface area contributed by atoms with Crippen LogP contribution < -0.4 is 4.90 Å². The van der Waals surface area contributed by atoms with Crippen LogP contribution in [-0.2, 0) is 15.8 Å². The molecule has 0 fully saturated rings. The van der Waals surface area contributed by atoms with Crippen molar-refractivity contribution in [1.29, 1.82) is 0 Å². The molecule has 0 unspecified atom stereocenters. The van der Waals surface area contributed by atoms with Crippen LogP contribution in [0.1, 0.15) is 79.6 Å². The number of amides is 1. The van der Waals surface area contributed by atoms with Gasteiger partial charge in [0.1, 0.15) is 0 Å². The number of anilines is 1. The largest absolute Gasteiger partial charge is 0.375 e. The minimum Gasteiger partial charge on any atom is -0.375 e. The van der Waals surface area contributed by atoms with Crippen molar-refractivity contribution in [2.75, 3.05) is 11.4 Å². The van der Waals surface area contributed by atoms with E-state index in [0.717, 1.165) is 34.0 Å². The van der Waals surface area contributed by atoms with Gasteiger partial charge in [-0.2, -0.15) is 0 Å². The van der Waals surface area contributed by atoms with E-state index < -0.39 is 11.5 Å². The highest BCUT2D eigenvalue weighted by Gasteiger charge is 2.51. The van der Waals surface area contributed by atoms with Crippen molar-refractivity contribution in [3.63, 3.8) is 0 Å². The lowest BCUT2D eigenvalue weighted by Crippen LogP contribution is -2.42. The van der Waals surface area contributed by atoms with Gasteiger partial charge < -0.3 is 10.0 Å². The van der Waals surface area contributed by atoms with Gasteiger partial charge in [-0.3, -0.25) is 9.59 Å². The average Bonchev–Trinajstić information content (AvgIpc) is 2.86. The number of unbranched alkanes of at least 4 members (excludes halogenated alkanes) is 1. The van der Waals surface area contributed by atoms with Crippen LogP contribution in [0, 0.1) is 13.8 Å². The molecule has 0 saturated heterocycles. The molecule has 3 rings (SSSR count). The highest BCUT2D eigenvalue weighted by atomic mass is 79.9. The zero-order chi connectivity index (χ0) is 23.1. The molecule has 166 valence electrons. The molecule has 1 amide bonds. The number of aryl methyl sites for hydroxylation is 2. The average molecular weight is 486 g/mol. The van der Waals surface area contributed by atoms with Crippen molar-refractivity contribution in [3.05, 3.63) is 62.6 Å². The molecule has 0 saturated carbocycles. The lowest BCUT2D eigenvalue weighted by molar-refractivity contribution is -0.135. The summed E-state index contributed by atoms with van der Waals surface area (Å²) in [7, 11) is 0. The van der Waals surface area contributed by atoms with Crippen molar-refractivity contribution in [3.8, 4) is 0 Å². The highest BCUT2D eigenvalue weighted by molar-refractivity contribution is 9.10. The van der Waals surface area contributed by atoms with E-state index in [9.17, 15) is 14.7 Å². The number of hydrogen-bond donors (Lipinski definition) is 1. The van der Waals surface area contributed by atoms with E-state index in [1.165, 1.54) is 0 Å². The summed E-state index contributed by atoms with van der Waals surface area (Å²) in [6.07, 6.45) is 1.50. The molecule has 0 aromatic heterocycles. The van der Waals surface area contributed by atoms with Gasteiger partial charge in [0, 0.05) is 22.1 Å². The second-order valence-electron chi connectivity index (χ2n) is 9.67. The van der Waals surface area contributed by atoms with Gasteiger partial charge in [-0.15, -0.1) is 0 Å². The minimum atomic E-state index is -1.86. The standard InChI is InChI=1S/C26H32BrNO3/c1-7-8-11-28-21-10-9-19(27)14-20(21)26(31,24(28)30)15-22(29)23-16(2)12-18(13-17(23)3)25(4,5)6/h9-10,12-14,31H,7-8,11,15H2,1-6H3/t26-/m1/s1. The second-order valence-corrected chi connectivity index (χ2v) is 10.6. The van der Waals surface area contributed by atoms with Crippen LogP contribution in [0.4, 0.5) is 5.69 Å². The van der Waals surface area contributed by atoms with E-state index >= 15 is 0 Å². The maximum atomic E-state index is 13.4. The summed E-state index contributed by atoms with van der Waals surface area (Å²) in [5, 5.41) is 11.6. The predicted molar refractivity (Wildman–Crippen MR) is 129 cm³/mol. The van der Waals surface area contributed by atoms with E-state index in [2.05, 4.69) is 43.6 Å². The number of benzene rings is 2. The second kappa shape index (κ2) is 8.51. The monoisotopic (exact) mass is 485 g/mol. The lowest BCUT2D eigenvalue weighted by atomic mass is 9.81. The number of nitrogens with zero attached hydrogens (tertiary/aromatic N) is 1. The first-order chi connectivity index (χ1) is 14.4. The number of halogens is 1. The van der Waals surface area contributed by atoms with Gasteiger partial charge in [-0.1, -0.05) is 62.2 Å². The summed E-state index contributed by atoms with van der Waals surface area (Å²) >= 11 is 3.44. The molecule has 0 radical (unpaired) electrons. The van der Waals surface area contributed by atoms with Gasteiger partial charge in [0.2, 0.25) is 0 Å². The Kier molecular flexibility index (Phi) is 6.50. The molecule has 0 aliphatic carbocycles. The summed E-state index contributed by atoms with van der Waals surface area (Å²) < 4.78 is 0.768. The summed E-state index contributed by atoms with van der Waals surface area (Å²) in [5.41, 5.74) is 2.81. The normalized spacial score (nSPS) is 18.5. The molecule has 4 nitrogen and oxygen atoms in total. The van der Waals surface area contributed by atoms with E-state index in [1.54, 1.807) is 11.0 Å². The third-order valence-corrected chi connectivity index (χ3v) is 6.62. The minimum absolute atomic E-state index is 0.0261. The molecular weight excluding hydrogens is 454 g/mol. The number of carbonyl (C=O) groups is 2. The SMILES string of the molecule is CCCCN1C(=O)[C@@](O)(CC(=O)c2c(C)cc(C(C)(C)C)cc2C)c2cc(Br)ccc21. The van der Waals surface area contributed by atoms with E-state index in [-0.39, 0.29) is 17.6 Å². The van der Waals surface area contributed by atoms with Crippen LogP contribution in [0.5, 0.6) is 0 Å². The number of ketones is 1. The summed E-state index contributed by atoms with van der Waals surface area (Å²) in [6, 6.07) is 9.54. The Bertz CT molecular complexity index is 1010. The molecule has 1 aliphatic heterocycles. The van der Waals surface area contributed by atoms with Crippen LogP contribution in [0.2, 0.25) is 0 Å². The Morgan fingerprint density at radius 1 is 1.13 bits per heavy atom. The number of fused-ring (bicyclic) bond motifs is 1. The Morgan fingerprint density at radius 2 is 1.74 bits per heavy atom. The Balaban J connectivity index is 2.01. The van der Waals surface area contributed by atoms with Crippen LogP contribution in [0.25, 0.3) is 0 Å². The van der Waals surface area contributed by atoms with Crippen molar-refractivity contribution in [1.82, 2.24) is 0 Å². The van der Waals surface area contributed by atoms with Gasteiger partial charge in [-0.25, -0.2) is 0 Å². The van der Waals surface area contributed by atoms with Gasteiger partial charge in [0.05, 0.1) is 12.1 Å². The molecule has 2 aromatic rings. The molecule has 31 heavy (non-hydrogen) atoms. The topological polar surface area (TPSA) is 57.6 Å². The third kappa shape index (κ3) is 4.35. The maximum Gasteiger partial charge on any atom is 0.264 e. The van der Waals surface area contributed by atoms with Crippen LogP contribution >= 0.6 is 15.9 Å². The Morgan fingerprint density at radius 3 is 2.29 bits per heavy atom. The smallest absolute Gasteiger partial charge is 0.264 e. The molecule has 1 N–H and O–H groups in total. The predicted octanol–water partition coefficient (Wildman–Crippen LogP) is 5.97. The maximum absolute atomic E-state index is 13.4. The number of carbonyl (C=O) groups excluding carboxylic acids is 2. The first-order valence-corrected chi connectivity index (χ1v) is 11.7. The molecule has 1 atom stereocenters. The zero-order valence-corrected chi connectivity index (χ0v) is 20.9. The van der Waals surface area contributed by atoms with Gasteiger partial charge >= 0.3 is 0 Å². The van der Waals surface area contributed by atoms with Crippen molar-refractivity contribution in [2.24, 2.45) is 0 Å². The Hall–Kier alpha value is -1.98. The first-order valence-electron chi connectivity index (χ1n) is 10.9. The lowest BCUT2D eigenvalue weighted by Gasteiger charge is -2.25. The quantitative estimate of drug-likeness (QED) is 0.512. The van der Waals surface area contributed by atoms with Gasteiger partial charge in [0.15, 0.2) is 11.4 Å². The van der Waals surface area contributed by atoms with E-state index in [1.807, 2.05) is 38.1 Å². The molecule has 0 bridgehead atoms. The number of aliphatic hydroxyl groups is 1. The van der Waals surface area contributed by atoms with Crippen LogP contribution in [0.15, 0.2) is 34.8 Å². The number of rotatable bonds is 6. The van der Waals surface area contributed by atoms with Gasteiger partial charge in [-0.05, 0) is 60.6 Å². The molecule has 5 heteroatoms. The number of Topliss-reactive ketones (excluding diaryl/α,β-unsaturated/α-hetero) is 1. The first kappa shape index (κ1) is 23.7. The summed E-state index contributed by atoms with van der Waals surface area (Å²) in [6.45, 7) is 12.9. The summed E-state index contributed by atoms with van der Waals surface area (Å²) in [5.74, 6) is -0.626. The van der Waals surface area contributed by atoms with Gasteiger partial charge in [0.25, 0.3) is 5.91 Å². The van der Waals surface area contributed by atoms with Crippen molar-refractivity contribution >= 4 is 33.3 Å². The zero-order valence-electron chi connectivity index (χ0n) is 19.3. The van der Waals surface area contributed by atoms with E-state index in [0.29, 0.717) is 23.4 Å². The third-order valence-electron chi connectivity index (χ3n) is 6.12. The fraction of sp³-hybridized carbons (Fsp3) is 0.462. The summed E-state index contributed by atoms with van der Waals surface area (Å²) in [4.78, 5) is 28.4. The Labute approximate surface area is 193 Å². The molecule has 2 aromatic carbocycles. The molecule has 0 spiro atoms.